The van der Waals surface area contributed by atoms with Gasteiger partial charge in [-0.15, -0.1) is 0 Å². The second kappa shape index (κ2) is 6.81. The van der Waals surface area contributed by atoms with Gasteiger partial charge in [0.25, 0.3) is 0 Å². The molecule has 0 spiro atoms. The van der Waals surface area contributed by atoms with E-state index in [-0.39, 0.29) is 5.78 Å². The zero-order chi connectivity index (χ0) is 12.0. The predicted octanol–water partition coefficient (Wildman–Crippen LogP) is 3.22. The van der Waals surface area contributed by atoms with Crippen LogP contribution in [0.4, 0.5) is 0 Å². The van der Waals surface area contributed by atoms with E-state index in [1.165, 1.54) is 11.1 Å². The largest absolute Gasteiger partial charge is 0.313 e. The molecule has 0 saturated carbocycles. The van der Waals surface area contributed by atoms with Crippen LogP contribution in [0, 0.1) is 6.92 Å². The first-order chi connectivity index (χ1) is 7.59. The molecule has 0 aromatic heterocycles. The number of hydrogen-bond acceptors (Lipinski definition) is 2. The highest BCUT2D eigenvalue weighted by Crippen LogP contribution is 2.15. The molecule has 3 heteroatoms. The van der Waals surface area contributed by atoms with Crippen LogP contribution in [0.1, 0.15) is 30.9 Å². The fraction of sp³-hybridized carbons (Fsp3) is 0.462. The van der Waals surface area contributed by atoms with Crippen LogP contribution >= 0.6 is 15.9 Å². The Balaban J connectivity index is 2.31. The number of Topliss-reactive ketones (excluding diaryl/α,β-unsaturated/α-hetero) is 1. The Morgan fingerprint density at radius 1 is 1.44 bits per heavy atom. The molecule has 1 N–H and O–H groups in total. The highest BCUT2D eigenvalue weighted by Gasteiger charge is 1.99. The monoisotopic (exact) mass is 283 g/mol. The van der Waals surface area contributed by atoms with E-state index in [1.807, 2.05) is 0 Å². The molecule has 1 aromatic rings. The number of benzene rings is 1. The molecule has 1 rings (SSSR count). The molecule has 0 heterocycles. The first kappa shape index (κ1) is 13.4. The van der Waals surface area contributed by atoms with E-state index < -0.39 is 0 Å². The Morgan fingerprint density at radius 2 is 2.19 bits per heavy atom. The molecule has 0 aliphatic heterocycles. The van der Waals surface area contributed by atoms with Gasteiger partial charge in [-0.05, 0) is 50.1 Å². The summed E-state index contributed by atoms with van der Waals surface area (Å²) in [5.41, 5.74) is 2.60. The van der Waals surface area contributed by atoms with Gasteiger partial charge in [0.1, 0.15) is 5.78 Å². The van der Waals surface area contributed by atoms with Crippen molar-refractivity contribution in [2.24, 2.45) is 0 Å². The first-order valence-corrected chi connectivity index (χ1v) is 6.34. The van der Waals surface area contributed by atoms with Crippen molar-refractivity contribution in [1.82, 2.24) is 5.32 Å². The van der Waals surface area contributed by atoms with Crippen molar-refractivity contribution in [3.63, 3.8) is 0 Å². The van der Waals surface area contributed by atoms with E-state index in [9.17, 15) is 4.79 Å². The number of nitrogens with one attached hydrogen (secondary N) is 1. The lowest BCUT2D eigenvalue weighted by Crippen LogP contribution is -2.16. The minimum Gasteiger partial charge on any atom is -0.313 e. The summed E-state index contributed by atoms with van der Waals surface area (Å²) in [5, 5.41) is 3.35. The number of aryl methyl sites for hydroxylation is 1. The van der Waals surface area contributed by atoms with Crippen LogP contribution in [0.5, 0.6) is 0 Å². The van der Waals surface area contributed by atoms with Crippen LogP contribution in [0.3, 0.4) is 0 Å². The zero-order valence-corrected chi connectivity index (χ0v) is 11.4. The van der Waals surface area contributed by atoms with Crippen LogP contribution in [-0.2, 0) is 11.3 Å². The van der Waals surface area contributed by atoms with Crippen LogP contribution in [0.2, 0.25) is 0 Å². The summed E-state index contributed by atoms with van der Waals surface area (Å²) >= 11 is 3.47. The molecule has 0 aliphatic rings. The first-order valence-electron chi connectivity index (χ1n) is 5.55. The topological polar surface area (TPSA) is 29.1 Å². The number of hydrogen-bond donors (Lipinski definition) is 1. The molecule has 0 amide bonds. The second-order valence-corrected chi connectivity index (χ2v) is 4.97. The maximum atomic E-state index is 10.7. The Labute approximate surface area is 106 Å². The maximum Gasteiger partial charge on any atom is 0.129 e. The molecular weight excluding hydrogens is 266 g/mol. The summed E-state index contributed by atoms with van der Waals surface area (Å²) in [6, 6.07) is 6.29. The van der Waals surface area contributed by atoms with Crippen molar-refractivity contribution in [3.05, 3.63) is 33.8 Å². The summed E-state index contributed by atoms with van der Waals surface area (Å²) < 4.78 is 1.11. The summed E-state index contributed by atoms with van der Waals surface area (Å²) in [5.74, 6) is 0.264. The molecular formula is C13H18BrNO. The van der Waals surface area contributed by atoms with Crippen molar-refractivity contribution in [2.75, 3.05) is 6.54 Å². The van der Waals surface area contributed by atoms with Gasteiger partial charge in [0, 0.05) is 17.4 Å². The highest BCUT2D eigenvalue weighted by atomic mass is 79.9. The fourth-order valence-corrected chi connectivity index (χ4v) is 1.92. The highest BCUT2D eigenvalue weighted by molar-refractivity contribution is 9.10. The van der Waals surface area contributed by atoms with E-state index in [0.29, 0.717) is 6.42 Å². The van der Waals surface area contributed by atoms with Gasteiger partial charge in [0.2, 0.25) is 0 Å². The molecule has 0 fully saturated rings. The molecule has 1 aromatic carbocycles. The fourth-order valence-electron chi connectivity index (χ4n) is 1.52. The maximum absolute atomic E-state index is 10.7. The smallest absolute Gasteiger partial charge is 0.129 e. The summed E-state index contributed by atoms with van der Waals surface area (Å²) in [7, 11) is 0. The molecule has 2 nitrogen and oxygen atoms in total. The summed E-state index contributed by atoms with van der Waals surface area (Å²) in [4.78, 5) is 10.7. The average molecular weight is 284 g/mol. The van der Waals surface area contributed by atoms with Gasteiger partial charge in [-0.25, -0.2) is 0 Å². The van der Waals surface area contributed by atoms with Crippen molar-refractivity contribution in [1.29, 1.82) is 0 Å². The summed E-state index contributed by atoms with van der Waals surface area (Å²) in [6.45, 7) is 5.51. The van der Waals surface area contributed by atoms with Crippen molar-refractivity contribution < 1.29 is 4.79 Å². The number of carbonyl (C=O) groups excluding carboxylic acids is 1. The SMILES string of the molecule is CC(=O)CCCNCc1cc(Br)ccc1C. The zero-order valence-electron chi connectivity index (χ0n) is 9.85. The van der Waals surface area contributed by atoms with Gasteiger partial charge < -0.3 is 10.1 Å². The molecule has 0 bridgehead atoms. The lowest BCUT2D eigenvalue weighted by molar-refractivity contribution is -0.117. The number of halogens is 1. The molecule has 0 radical (unpaired) electrons. The number of carbonyl (C=O) groups is 1. The summed E-state index contributed by atoms with van der Waals surface area (Å²) in [6.07, 6.45) is 1.59. The number of ketones is 1. The molecule has 0 unspecified atom stereocenters. The van der Waals surface area contributed by atoms with Crippen molar-refractivity contribution in [2.45, 2.75) is 33.2 Å². The quantitative estimate of drug-likeness (QED) is 0.813. The molecule has 0 atom stereocenters. The van der Waals surface area contributed by atoms with Gasteiger partial charge in [-0.1, -0.05) is 22.0 Å². The van der Waals surface area contributed by atoms with Gasteiger partial charge in [0.15, 0.2) is 0 Å². The lowest BCUT2D eigenvalue weighted by atomic mass is 10.1. The molecule has 0 aliphatic carbocycles. The normalized spacial score (nSPS) is 10.4. The van der Waals surface area contributed by atoms with Gasteiger partial charge in [0.05, 0.1) is 0 Å². The Kier molecular flexibility index (Phi) is 5.71. The van der Waals surface area contributed by atoms with E-state index in [4.69, 9.17) is 0 Å². The molecule has 16 heavy (non-hydrogen) atoms. The van der Waals surface area contributed by atoms with E-state index >= 15 is 0 Å². The van der Waals surface area contributed by atoms with Crippen LogP contribution in [0.25, 0.3) is 0 Å². The van der Waals surface area contributed by atoms with Gasteiger partial charge >= 0.3 is 0 Å². The minimum atomic E-state index is 0.264. The van der Waals surface area contributed by atoms with Gasteiger partial charge in [-0.3, -0.25) is 0 Å². The van der Waals surface area contributed by atoms with Crippen LogP contribution in [-0.4, -0.2) is 12.3 Å². The number of rotatable bonds is 6. The van der Waals surface area contributed by atoms with Gasteiger partial charge in [-0.2, -0.15) is 0 Å². The van der Waals surface area contributed by atoms with Crippen LogP contribution in [0.15, 0.2) is 22.7 Å². The van der Waals surface area contributed by atoms with Crippen LogP contribution < -0.4 is 5.32 Å². The average Bonchev–Trinajstić information content (AvgIpc) is 2.22. The Morgan fingerprint density at radius 3 is 2.88 bits per heavy atom. The van der Waals surface area contributed by atoms with E-state index in [2.05, 4.69) is 46.4 Å². The minimum absolute atomic E-state index is 0.264. The second-order valence-electron chi connectivity index (χ2n) is 4.05. The molecule has 88 valence electrons. The van der Waals surface area contributed by atoms with E-state index in [1.54, 1.807) is 6.92 Å². The Hall–Kier alpha value is -0.670. The third kappa shape index (κ3) is 4.90. The standard InChI is InChI=1S/C13H18BrNO/c1-10-5-6-13(14)8-12(10)9-15-7-3-4-11(2)16/h5-6,8,15H,3-4,7,9H2,1-2H3. The predicted molar refractivity (Wildman–Crippen MR) is 70.5 cm³/mol. The third-order valence-corrected chi connectivity index (χ3v) is 3.00. The van der Waals surface area contributed by atoms with Crippen molar-refractivity contribution >= 4 is 21.7 Å². The lowest BCUT2D eigenvalue weighted by Gasteiger charge is -2.08. The third-order valence-electron chi connectivity index (χ3n) is 2.51. The van der Waals surface area contributed by atoms with Crippen molar-refractivity contribution in [3.8, 4) is 0 Å². The van der Waals surface area contributed by atoms with E-state index in [0.717, 1.165) is 24.0 Å². The Bertz CT molecular complexity index is 363. The molecule has 0 saturated heterocycles.